The van der Waals surface area contributed by atoms with E-state index in [4.69, 9.17) is 8.60 Å². The summed E-state index contributed by atoms with van der Waals surface area (Å²) in [5.74, 6) is 0.0194. The van der Waals surface area contributed by atoms with E-state index >= 15 is 0 Å². The van der Waals surface area contributed by atoms with Gasteiger partial charge in [-0.1, -0.05) is 12.1 Å². The van der Waals surface area contributed by atoms with Crippen LogP contribution in [0.4, 0.5) is 4.39 Å². The monoisotopic (exact) mass is 439 g/mol. The maximum atomic E-state index is 13.2. The molecular weight excluding hydrogens is 421 g/mol. The Morgan fingerprint density at radius 3 is 2.14 bits per heavy atom. The molecule has 0 aliphatic carbocycles. The van der Waals surface area contributed by atoms with Crippen LogP contribution < -0.4 is 4.18 Å². The predicted octanol–water partition coefficient (Wildman–Crippen LogP) is 3.15. The molecule has 0 spiro atoms. The number of hydrogen-bond acceptors (Lipinski definition) is 6. The second kappa shape index (κ2) is 8.36. The Morgan fingerprint density at radius 2 is 1.59 bits per heavy atom. The summed E-state index contributed by atoms with van der Waals surface area (Å²) in [6, 6.07) is 13.9. The summed E-state index contributed by atoms with van der Waals surface area (Å²) in [5.41, 5.74) is 0.600. The van der Waals surface area contributed by atoms with Crippen molar-refractivity contribution in [3.63, 3.8) is 0 Å². The molecule has 0 amide bonds. The van der Waals surface area contributed by atoms with Crippen LogP contribution in [0.1, 0.15) is 11.3 Å². The van der Waals surface area contributed by atoms with Crippen LogP contribution in [0.2, 0.25) is 0 Å². The fraction of sp³-hybridized carbons (Fsp3) is 0.158. The second-order valence-electron chi connectivity index (χ2n) is 6.24. The molecule has 3 aromatic rings. The third-order valence-corrected chi connectivity index (χ3v) is 6.19. The van der Waals surface area contributed by atoms with Crippen molar-refractivity contribution in [2.45, 2.75) is 18.0 Å². The maximum Gasteiger partial charge on any atom is 0.306 e. The molecule has 0 atom stereocenters. The number of sulfonamides is 1. The maximum absolute atomic E-state index is 13.2. The molecule has 0 saturated carbocycles. The van der Waals surface area contributed by atoms with Crippen LogP contribution >= 0.6 is 0 Å². The first-order valence-electron chi connectivity index (χ1n) is 8.40. The van der Waals surface area contributed by atoms with Gasteiger partial charge in [-0.3, -0.25) is 0 Å². The van der Waals surface area contributed by atoms with Crippen molar-refractivity contribution in [1.29, 1.82) is 0 Å². The Hall–Kier alpha value is -2.69. The third-order valence-electron chi connectivity index (χ3n) is 3.89. The molecule has 0 bridgehead atoms. The Morgan fingerprint density at radius 1 is 0.931 bits per heavy atom. The largest absolute Gasteiger partial charge is 0.468 e. The summed E-state index contributed by atoms with van der Waals surface area (Å²) in [6.07, 6.45) is 2.37. The van der Waals surface area contributed by atoms with Crippen LogP contribution in [0.25, 0.3) is 0 Å². The van der Waals surface area contributed by atoms with Gasteiger partial charge in [0.1, 0.15) is 17.3 Å². The van der Waals surface area contributed by atoms with Crippen molar-refractivity contribution >= 4 is 20.1 Å². The van der Waals surface area contributed by atoms with E-state index in [0.29, 0.717) is 11.3 Å². The fourth-order valence-corrected chi connectivity index (χ4v) is 4.44. The molecule has 1 aromatic heterocycles. The van der Waals surface area contributed by atoms with Gasteiger partial charge < -0.3 is 8.60 Å². The Balaban J connectivity index is 1.88. The van der Waals surface area contributed by atoms with Crippen molar-refractivity contribution in [3.05, 3.63) is 84.1 Å². The lowest BCUT2D eigenvalue weighted by Crippen LogP contribution is -2.30. The third kappa shape index (κ3) is 5.66. The number of rotatable bonds is 8. The molecule has 0 aliphatic heterocycles. The van der Waals surface area contributed by atoms with E-state index in [2.05, 4.69) is 0 Å². The first-order valence-corrected chi connectivity index (χ1v) is 11.7. The summed E-state index contributed by atoms with van der Waals surface area (Å²) < 4.78 is 73.0. The zero-order valence-electron chi connectivity index (χ0n) is 15.4. The fourth-order valence-electron chi connectivity index (χ4n) is 2.59. The van der Waals surface area contributed by atoms with Gasteiger partial charge in [0.25, 0.3) is 0 Å². The second-order valence-corrected chi connectivity index (χ2v) is 9.75. The average Bonchev–Trinajstić information content (AvgIpc) is 3.15. The molecule has 0 unspecified atom stereocenters. The minimum atomic E-state index is -3.95. The van der Waals surface area contributed by atoms with Crippen molar-refractivity contribution in [3.8, 4) is 5.75 Å². The molecule has 0 saturated heterocycles. The summed E-state index contributed by atoms with van der Waals surface area (Å²) in [6.45, 7) is -0.0478. The topological polar surface area (TPSA) is 93.9 Å². The molecule has 0 radical (unpaired) electrons. The molecule has 7 nitrogen and oxygen atoms in total. The van der Waals surface area contributed by atoms with Crippen LogP contribution in [-0.2, 0) is 33.2 Å². The van der Waals surface area contributed by atoms with Gasteiger partial charge in [-0.25, -0.2) is 12.8 Å². The number of hydrogen-bond donors (Lipinski definition) is 0. The summed E-state index contributed by atoms with van der Waals surface area (Å²) in [4.78, 5) is -0.0533. The molecule has 1 heterocycles. The summed E-state index contributed by atoms with van der Waals surface area (Å²) in [7, 11) is -7.61. The minimum absolute atomic E-state index is 0.0143. The molecule has 0 aliphatic rings. The van der Waals surface area contributed by atoms with E-state index in [1.54, 1.807) is 24.3 Å². The van der Waals surface area contributed by atoms with E-state index in [9.17, 15) is 21.2 Å². The van der Waals surface area contributed by atoms with Gasteiger partial charge in [0.05, 0.1) is 24.0 Å². The van der Waals surface area contributed by atoms with Gasteiger partial charge in [0.2, 0.25) is 10.0 Å². The lowest BCUT2D eigenvalue weighted by molar-refractivity contribution is 0.358. The molecule has 3 rings (SSSR count). The standard InChI is InChI=1S/C19H18FNO6S2/c1-28(22,23)27-17-8-4-15(5-9-17)13-21(14-18-3-2-12-26-18)29(24,25)19-10-6-16(20)7-11-19/h2-12H,13-14H2,1H3. The molecule has 2 aromatic carbocycles. The van der Waals surface area contributed by atoms with Crippen molar-refractivity contribution < 1.29 is 29.8 Å². The Kier molecular flexibility index (Phi) is 6.06. The molecule has 0 N–H and O–H groups in total. The molecular formula is C19H18FNO6S2. The van der Waals surface area contributed by atoms with Crippen LogP contribution in [0.3, 0.4) is 0 Å². The van der Waals surface area contributed by atoms with Gasteiger partial charge in [0.15, 0.2) is 0 Å². The summed E-state index contributed by atoms with van der Waals surface area (Å²) >= 11 is 0. The average molecular weight is 439 g/mol. The van der Waals surface area contributed by atoms with E-state index < -0.39 is 26.0 Å². The van der Waals surface area contributed by atoms with Crippen molar-refractivity contribution in [2.75, 3.05) is 6.26 Å². The Labute approximate surface area is 168 Å². The van der Waals surface area contributed by atoms with Gasteiger partial charge in [0, 0.05) is 6.54 Å². The Bertz CT molecular complexity index is 1160. The van der Waals surface area contributed by atoms with E-state index in [1.807, 2.05) is 0 Å². The van der Waals surface area contributed by atoms with Gasteiger partial charge >= 0.3 is 10.1 Å². The van der Waals surface area contributed by atoms with Crippen LogP contribution in [0, 0.1) is 5.82 Å². The normalized spacial score (nSPS) is 12.2. The highest BCUT2D eigenvalue weighted by molar-refractivity contribution is 7.89. The van der Waals surface area contributed by atoms with Crippen molar-refractivity contribution in [1.82, 2.24) is 4.31 Å². The predicted molar refractivity (Wildman–Crippen MR) is 103 cm³/mol. The van der Waals surface area contributed by atoms with Crippen molar-refractivity contribution in [2.24, 2.45) is 0 Å². The van der Waals surface area contributed by atoms with E-state index in [-0.39, 0.29) is 23.7 Å². The lowest BCUT2D eigenvalue weighted by atomic mass is 10.2. The smallest absolute Gasteiger partial charge is 0.306 e. The van der Waals surface area contributed by atoms with Gasteiger partial charge in [-0.15, -0.1) is 0 Å². The lowest BCUT2D eigenvalue weighted by Gasteiger charge is -2.21. The minimum Gasteiger partial charge on any atom is -0.468 e. The highest BCUT2D eigenvalue weighted by Crippen LogP contribution is 2.23. The quantitative estimate of drug-likeness (QED) is 0.501. The van der Waals surface area contributed by atoms with E-state index in [0.717, 1.165) is 18.4 Å². The number of furan rings is 1. The van der Waals surface area contributed by atoms with Crippen LogP contribution in [0.15, 0.2) is 76.2 Å². The number of benzene rings is 2. The molecule has 29 heavy (non-hydrogen) atoms. The van der Waals surface area contributed by atoms with E-state index in [1.165, 1.54) is 34.8 Å². The van der Waals surface area contributed by atoms with Crippen LogP contribution in [-0.4, -0.2) is 27.4 Å². The number of nitrogens with zero attached hydrogens (tertiary/aromatic N) is 1. The first kappa shape index (κ1) is 21.0. The van der Waals surface area contributed by atoms with Gasteiger partial charge in [-0.05, 0) is 54.1 Å². The SMILES string of the molecule is CS(=O)(=O)Oc1ccc(CN(Cc2ccco2)S(=O)(=O)c2ccc(F)cc2)cc1. The summed E-state index contributed by atoms with van der Waals surface area (Å²) in [5, 5.41) is 0. The highest BCUT2D eigenvalue weighted by atomic mass is 32.2. The first-order chi connectivity index (χ1) is 13.6. The van der Waals surface area contributed by atoms with Gasteiger partial charge in [-0.2, -0.15) is 12.7 Å². The molecule has 10 heteroatoms. The zero-order valence-corrected chi connectivity index (χ0v) is 17.0. The zero-order chi connectivity index (χ0) is 21.1. The molecule has 0 fully saturated rings. The van der Waals surface area contributed by atoms with Crippen LogP contribution in [0.5, 0.6) is 5.75 Å². The highest BCUT2D eigenvalue weighted by Gasteiger charge is 2.26. The molecule has 154 valence electrons. The number of halogens is 1.